The Hall–Kier alpha value is -1.84. The van der Waals surface area contributed by atoms with Crippen LogP contribution in [0.5, 0.6) is 0 Å². The number of anilines is 1. The smallest absolute Gasteiger partial charge is 0.251 e. The average Bonchev–Trinajstić information content (AvgIpc) is 2.90. The van der Waals surface area contributed by atoms with Gasteiger partial charge < -0.3 is 10.6 Å². The minimum Gasteiger partial charge on any atom is -0.314 e. The number of rotatable bonds is 2. The van der Waals surface area contributed by atoms with Crippen molar-refractivity contribution in [3.8, 4) is 0 Å². The summed E-state index contributed by atoms with van der Waals surface area (Å²) in [6, 6.07) is 15.1. The molecule has 3 nitrogen and oxygen atoms in total. The highest BCUT2D eigenvalue weighted by molar-refractivity contribution is 6.30. The van der Waals surface area contributed by atoms with E-state index >= 15 is 0 Å². The minimum atomic E-state index is -1.04. The van der Waals surface area contributed by atoms with Crippen molar-refractivity contribution in [2.75, 3.05) is 11.4 Å². The van der Waals surface area contributed by atoms with Gasteiger partial charge in [0.1, 0.15) is 5.54 Å². The Bertz CT molecular complexity index is 682. The number of carbonyl (C=O) groups excluding carboxylic acids is 1. The lowest BCUT2D eigenvalue weighted by atomic mass is 9.91. The summed E-state index contributed by atoms with van der Waals surface area (Å²) in [5.74, 6) is -0.0882. The first kappa shape index (κ1) is 14.1. The van der Waals surface area contributed by atoms with Gasteiger partial charge in [0.05, 0.1) is 0 Å². The lowest BCUT2D eigenvalue weighted by molar-refractivity contribution is -0.123. The maximum Gasteiger partial charge on any atom is 0.251 e. The maximum atomic E-state index is 12.9. The molecule has 21 heavy (non-hydrogen) atoms. The van der Waals surface area contributed by atoms with Crippen LogP contribution in [0, 0.1) is 0 Å². The minimum absolute atomic E-state index is 0.0882. The summed E-state index contributed by atoms with van der Waals surface area (Å²) in [6.07, 6.45) is 0.812. The molecule has 0 aromatic heterocycles. The van der Waals surface area contributed by atoms with Crippen LogP contribution < -0.4 is 10.6 Å². The largest absolute Gasteiger partial charge is 0.314 e. The van der Waals surface area contributed by atoms with Crippen LogP contribution in [0.25, 0.3) is 0 Å². The van der Waals surface area contributed by atoms with Crippen LogP contribution in [0.1, 0.15) is 18.1 Å². The van der Waals surface area contributed by atoms with Crippen LogP contribution >= 0.6 is 11.6 Å². The molecule has 3 rings (SSSR count). The number of amides is 1. The maximum absolute atomic E-state index is 12.9. The van der Waals surface area contributed by atoms with Crippen molar-refractivity contribution < 1.29 is 4.79 Å². The molecule has 108 valence electrons. The van der Waals surface area contributed by atoms with E-state index in [-0.39, 0.29) is 5.91 Å². The normalized spacial score (nSPS) is 16.4. The third-order valence-corrected chi connectivity index (χ3v) is 4.24. The molecule has 0 fully saturated rings. The molecule has 4 heteroatoms. The number of nitrogens with two attached hydrogens (primary N) is 1. The molecule has 0 bridgehead atoms. The fraction of sp³-hybridized carbons (Fsp3) is 0.235. The van der Waals surface area contributed by atoms with Crippen molar-refractivity contribution in [3.63, 3.8) is 0 Å². The molecule has 0 radical (unpaired) electrons. The Morgan fingerprint density at radius 3 is 2.67 bits per heavy atom. The first-order valence-electron chi connectivity index (χ1n) is 6.95. The van der Waals surface area contributed by atoms with Crippen LogP contribution in [-0.4, -0.2) is 12.5 Å². The van der Waals surface area contributed by atoms with E-state index in [2.05, 4.69) is 0 Å². The van der Waals surface area contributed by atoms with Gasteiger partial charge in [-0.1, -0.05) is 41.9 Å². The molecule has 0 spiro atoms. The van der Waals surface area contributed by atoms with E-state index < -0.39 is 5.54 Å². The summed E-state index contributed by atoms with van der Waals surface area (Å²) in [4.78, 5) is 14.6. The second kappa shape index (κ2) is 5.17. The summed E-state index contributed by atoms with van der Waals surface area (Å²) in [7, 11) is 0. The van der Waals surface area contributed by atoms with Gasteiger partial charge in [-0.25, -0.2) is 0 Å². The van der Waals surface area contributed by atoms with Crippen molar-refractivity contribution in [2.45, 2.75) is 18.9 Å². The number of nitrogens with zero attached hydrogens (tertiary/aromatic N) is 1. The van der Waals surface area contributed by atoms with Crippen molar-refractivity contribution in [3.05, 3.63) is 64.7 Å². The Morgan fingerprint density at radius 1 is 1.24 bits per heavy atom. The Labute approximate surface area is 129 Å². The van der Waals surface area contributed by atoms with Gasteiger partial charge in [0, 0.05) is 17.3 Å². The van der Waals surface area contributed by atoms with Crippen LogP contribution in [-0.2, 0) is 16.8 Å². The average molecular weight is 301 g/mol. The topological polar surface area (TPSA) is 46.3 Å². The fourth-order valence-electron chi connectivity index (χ4n) is 2.77. The molecule has 1 aliphatic heterocycles. The summed E-state index contributed by atoms with van der Waals surface area (Å²) < 4.78 is 0. The highest BCUT2D eigenvalue weighted by atomic mass is 35.5. The van der Waals surface area contributed by atoms with Crippen molar-refractivity contribution in [1.82, 2.24) is 0 Å². The standard InChI is InChI=1S/C17H17ClN2O/c1-17(19,13-5-3-2-4-6-13)16(21)20-10-9-12-11-14(18)7-8-15(12)20/h2-8,11H,9-10,19H2,1H3/t17-/m0/s1. The molecule has 0 aliphatic carbocycles. The molecule has 1 amide bonds. The number of benzene rings is 2. The molecule has 0 unspecified atom stereocenters. The SMILES string of the molecule is C[C@@](N)(C(=O)N1CCc2cc(Cl)ccc21)c1ccccc1. The molecule has 2 N–H and O–H groups in total. The first-order chi connectivity index (χ1) is 10.00. The summed E-state index contributed by atoms with van der Waals surface area (Å²) in [6.45, 7) is 2.41. The number of halogens is 1. The van der Waals surface area contributed by atoms with Gasteiger partial charge in [0.15, 0.2) is 0 Å². The highest BCUT2D eigenvalue weighted by Gasteiger charge is 2.37. The number of hydrogen-bond acceptors (Lipinski definition) is 2. The summed E-state index contributed by atoms with van der Waals surface area (Å²) in [5.41, 5.74) is 8.12. The quantitative estimate of drug-likeness (QED) is 0.926. The lowest BCUT2D eigenvalue weighted by Gasteiger charge is -2.30. The third kappa shape index (κ3) is 2.43. The zero-order chi connectivity index (χ0) is 15.0. The molecular weight excluding hydrogens is 284 g/mol. The fourth-order valence-corrected chi connectivity index (χ4v) is 2.96. The molecule has 2 aromatic rings. The van der Waals surface area contributed by atoms with Gasteiger partial charge in [-0.05, 0) is 42.7 Å². The van der Waals surface area contributed by atoms with Gasteiger partial charge in [-0.2, -0.15) is 0 Å². The Balaban J connectivity index is 1.94. The van der Waals surface area contributed by atoms with Gasteiger partial charge in [0.25, 0.3) is 5.91 Å². The van der Waals surface area contributed by atoms with Gasteiger partial charge in [-0.3, -0.25) is 4.79 Å². The van der Waals surface area contributed by atoms with Crippen LogP contribution in [0.3, 0.4) is 0 Å². The van der Waals surface area contributed by atoms with Crippen molar-refractivity contribution >= 4 is 23.2 Å². The van der Waals surface area contributed by atoms with Crippen LogP contribution in [0.4, 0.5) is 5.69 Å². The number of hydrogen-bond donors (Lipinski definition) is 1. The molecule has 0 saturated carbocycles. The zero-order valence-corrected chi connectivity index (χ0v) is 12.6. The molecule has 0 saturated heterocycles. The second-order valence-electron chi connectivity index (χ2n) is 5.55. The monoisotopic (exact) mass is 300 g/mol. The van der Waals surface area contributed by atoms with E-state index in [0.29, 0.717) is 11.6 Å². The highest BCUT2D eigenvalue weighted by Crippen LogP contribution is 2.33. The first-order valence-corrected chi connectivity index (χ1v) is 7.33. The van der Waals surface area contributed by atoms with E-state index in [0.717, 1.165) is 23.2 Å². The third-order valence-electron chi connectivity index (χ3n) is 4.00. The van der Waals surface area contributed by atoms with E-state index in [4.69, 9.17) is 17.3 Å². The van der Waals surface area contributed by atoms with E-state index in [9.17, 15) is 4.79 Å². The lowest BCUT2D eigenvalue weighted by Crippen LogP contribution is -2.50. The van der Waals surface area contributed by atoms with E-state index in [1.807, 2.05) is 48.5 Å². The van der Waals surface area contributed by atoms with Gasteiger partial charge in [0.2, 0.25) is 0 Å². The van der Waals surface area contributed by atoms with E-state index in [1.54, 1.807) is 11.8 Å². The Morgan fingerprint density at radius 2 is 1.95 bits per heavy atom. The summed E-state index contributed by atoms with van der Waals surface area (Å²) in [5, 5.41) is 0.696. The predicted molar refractivity (Wildman–Crippen MR) is 85.5 cm³/mol. The molecule has 1 aliphatic rings. The zero-order valence-electron chi connectivity index (χ0n) is 11.8. The van der Waals surface area contributed by atoms with Gasteiger partial charge >= 0.3 is 0 Å². The second-order valence-corrected chi connectivity index (χ2v) is 5.98. The van der Waals surface area contributed by atoms with Crippen molar-refractivity contribution in [2.24, 2.45) is 5.73 Å². The van der Waals surface area contributed by atoms with E-state index in [1.165, 1.54) is 0 Å². The van der Waals surface area contributed by atoms with Crippen molar-refractivity contribution in [1.29, 1.82) is 0 Å². The molecule has 1 atom stereocenters. The molecule has 2 aromatic carbocycles. The number of carbonyl (C=O) groups is 1. The predicted octanol–water partition coefficient (Wildman–Crippen LogP) is 3.10. The molecule has 1 heterocycles. The van der Waals surface area contributed by atoms with Gasteiger partial charge in [-0.15, -0.1) is 0 Å². The van der Waals surface area contributed by atoms with Crippen LogP contribution in [0.2, 0.25) is 5.02 Å². The molecular formula is C17H17ClN2O. The van der Waals surface area contributed by atoms with Crippen LogP contribution in [0.15, 0.2) is 48.5 Å². The Kier molecular flexibility index (Phi) is 3.47. The number of fused-ring (bicyclic) bond motifs is 1. The summed E-state index contributed by atoms with van der Waals surface area (Å²) >= 11 is 6.01.